The van der Waals surface area contributed by atoms with Crippen molar-refractivity contribution in [3.8, 4) is 5.75 Å². The highest BCUT2D eigenvalue weighted by Crippen LogP contribution is 2.60. The summed E-state index contributed by atoms with van der Waals surface area (Å²) in [5.41, 5.74) is -0.283. The first-order chi connectivity index (χ1) is 9.09. The molecule has 1 aliphatic rings. The van der Waals surface area contributed by atoms with Gasteiger partial charge in [-0.05, 0) is 24.1 Å². The first kappa shape index (κ1) is 13.4. The zero-order valence-corrected chi connectivity index (χ0v) is 11.1. The van der Waals surface area contributed by atoms with Gasteiger partial charge >= 0.3 is 11.9 Å². The van der Waals surface area contributed by atoms with Gasteiger partial charge < -0.3 is 14.2 Å². The molecule has 1 aliphatic carbocycles. The molecule has 1 atom stereocenters. The average Bonchev–Trinajstić information content (AvgIpc) is 3.22. The second kappa shape index (κ2) is 4.91. The molecule has 0 unspecified atom stereocenters. The van der Waals surface area contributed by atoms with E-state index in [0.29, 0.717) is 6.42 Å². The van der Waals surface area contributed by atoms with E-state index in [9.17, 15) is 9.59 Å². The molecular weight excluding hydrogens is 248 g/mol. The minimum Gasteiger partial charge on any atom is -0.497 e. The fourth-order valence-electron chi connectivity index (χ4n) is 2.40. The zero-order valence-electron chi connectivity index (χ0n) is 11.1. The van der Waals surface area contributed by atoms with E-state index >= 15 is 0 Å². The number of esters is 2. The number of carbonyl (C=O) groups excluding carboxylic acids is 2. The van der Waals surface area contributed by atoms with Crippen molar-refractivity contribution >= 4 is 11.9 Å². The van der Waals surface area contributed by atoms with E-state index in [4.69, 9.17) is 14.2 Å². The summed E-state index contributed by atoms with van der Waals surface area (Å²) < 4.78 is 14.5. The molecule has 0 saturated heterocycles. The van der Waals surface area contributed by atoms with Crippen LogP contribution in [0.15, 0.2) is 24.3 Å². The van der Waals surface area contributed by atoms with Crippen molar-refractivity contribution in [1.29, 1.82) is 0 Å². The molecule has 1 saturated carbocycles. The van der Waals surface area contributed by atoms with Crippen LogP contribution in [0, 0.1) is 5.41 Å². The fourth-order valence-corrected chi connectivity index (χ4v) is 2.40. The van der Waals surface area contributed by atoms with Gasteiger partial charge in [-0.25, -0.2) is 0 Å². The number of ether oxygens (including phenoxy) is 3. The molecule has 19 heavy (non-hydrogen) atoms. The molecule has 0 heterocycles. The van der Waals surface area contributed by atoms with Crippen molar-refractivity contribution in [2.45, 2.75) is 12.3 Å². The Labute approximate surface area is 111 Å². The molecule has 102 valence electrons. The molecule has 0 amide bonds. The standard InChI is InChI=1S/C14H16O5/c1-17-10-6-4-9(5-7-10)11-8-14(11,12(15)18-2)13(16)19-3/h4-7,11H,8H2,1-3H3/t11-/m0/s1. The average molecular weight is 264 g/mol. The highest BCUT2D eigenvalue weighted by atomic mass is 16.5. The van der Waals surface area contributed by atoms with E-state index in [-0.39, 0.29) is 5.92 Å². The van der Waals surface area contributed by atoms with E-state index in [2.05, 4.69) is 0 Å². The lowest BCUT2D eigenvalue weighted by Gasteiger charge is -2.12. The molecule has 1 aromatic carbocycles. The minimum atomic E-state index is -1.18. The third-order valence-corrected chi connectivity index (χ3v) is 3.58. The van der Waals surface area contributed by atoms with Gasteiger partial charge in [0.2, 0.25) is 0 Å². The normalized spacial score (nSPS) is 19.4. The largest absolute Gasteiger partial charge is 0.497 e. The molecule has 0 bridgehead atoms. The molecule has 5 nitrogen and oxygen atoms in total. The molecule has 1 fully saturated rings. The Morgan fingerprint density at radius 1 is 1.05 bits per heavy atom. The number of carbonyl (C=O) groups is 2. The van der Waals surface area contributed by atoms with Gasteiger partial charge in [0.05, 0.1) is 21.3 Å². The molecule has 0 aliphatic heterocycles. The van der Waals surface area contributed by atoms with Crippen molar-refractivity contribution in [2.24, 2.45) is 5.41 Å². The summed E-state index contributed by atoms with van der Waals surface area (Å²) in [5.74, 6) is -0.551. The van der Waals surface area contributed by atoms with Gasteiger partial charge in [0.1, 0.15) is 5.75 Å². The van der Waals surface area contributed by atoms with Gasteiger partial charge in [-0.3, -0.25) is 9.59 Å². The molecule has 1 aromatic rings. The van der Waals surface area contributed by atoms with Gasteiger partial charge in [0, 0.05) is 5.92 Å². The summed E-state index contributed by atoms with van der Waals surface area (Å²) >= 11 is 0. The van der Waals surface area contributed by atoms with Gasteiger partial charge in [-0.2, -0.15) is 0 Å². The molecular formula is C14H16O5. The van der Waals surface area contributed by atoms with Crippen molar-refractivity contribution < 1.29 is 23.8 Å². The first-order valence-corrected chi connectivity index (χ1v) is 5.91. The van der Waals surface area contributed by atoms with E-state index < -0.39 is 17.4 Å². The quantitative estimate of drug-likeness (QED) is 0.609. The topological polar surface area (TPSA) is 61.8 Å². The lowest BCUT2D eigenvalue weighted by atomic mass is 9.99. The summed E-state index contributed by atoms with van der Waals surface area (Å²) in [6.07, 6.45) is 0.415. The van der Waals surface area contributed by atoms with Crippen LogP contribution in [-0.4, -0.2) is 33.3 Å². The van der Waals surface area contributed by atoms with Crippen molar-refractivity contribution in [3.05, 3.63) is 29.8 Å². The van der Waals surface area contributed by atoms with Crippen LogP contribution in [0.1, 0.15) is 17.9 Å². The Morgan fingerprint density at radius 3 is 2.00 bits per heavy atom. The lowest BCUT2D eigenvalue weighted by molar-refractivity contribution is -0.161. The van der Waals surface area contributed by atoms with Crippen LogP contribution >= 0.6 is 0 Å². The Balaban J connectivity index is 2.27. The van der Waals surface area contributed by atoms with E-state index in [1.54, 1.807) is 19.2 Å². The van der Waals surface area contributed by atoms with Crippen LogP contribution in [0.2, 0.25) is 0 Å². The Hall–Kier alpha value is -2.04. The van der Waals surface area contributed by atoms with E-state index in [0.717, 1.165) is 11.3 Å². The SMILES string of the molecule is COC(=O)C1(C(=O)OC)C[C@H]1c1ccc(OC)cc1. The number of hydrogen-bond acceptors (Lipinski definition) is 5. The fraction of sp³-hybridized carbons (Fsp3) is 0.429. The predicted octanol–water partition coefficient (Wildman–Crippen LogP) is 1.51. The summed E-state index contributed by atoms with van der Waals surface area (Å²) in [7, 11) is 4.13. The predicted molar refractivity (Wildman–Crippen MR) is 66.8 cm³/mol. The summed E-state index contributed by atoms with van der Waals surface area (Å²) in [6.45, 7) is 0. The Morgan fingerprint density at radius 2 is 1.58 bits per heavy atom. The second-order valence-electron chi connectivity index (χ2n) is 4.48. The highest BCUT2D eigenvalue weighted by molar-refractivity contribution is 6.05. The monoisotopic (exact) mass is 264 g/mol. The van der Waals surface area contributed by atoms with E-state index in [1.807, 2.05) is 12.1 Å². The van der Waals surface area contributed by atoms with Crippen LogP contribution < -0.4 is 4.74 Å². The Bertz CT molecular complexity index is 475. The molecule has 0 N–H and O–H groups in total. The van der Waals surface area contributed by atoms with Crippen LogP contribution in [0.4, 0.5) is 0 Å². The molecule has 2 rings (SSSR count). The molecule has 0 aromatic heterocycles. The maximum absolute atomic E-state index is 11.9. The second-order valence-corrected chi connectivity index (χ2v) is 4.48. The van der Waals surface area contributed by atoms with Crippen molar-refractivity contribution in [1.82, 2.24) is 0 Å². The minimum absolute atomic E-state index is 0.196. The summed E-state index contributed by atoms with van der Waals surface area (Å²) in [4.78, 5) is 23.7. The number of methoxy groups -OCH3 is 3. The number of benzene rings is 1. The first-order valence-electron chi connectivity index (χ1n) is 5.91. The van der Waals surface area contributed by atoms with Crippen molar-refractivity contribution in [2.75, 3.05) is 21.3 Å². The van der Waals surface area contributed by atoms with Crippen LogP contribution in [0.25, 0.3) is 0 Å². The smallest absolute Gasteiger partial charge is 0.323 e. The molecule has 5 heteroatoms. The summed E-state index contributed by atoms with van der Waals surface area (Å²) in [6, 6.07) is 7.29. The number of hydrogen-bond donors (Lipinski definition) is 0. The maximum atomic E-state index is 11.9. The van der Waals surface area contributed by atoms with Crippen LogP contribution in [0.5, 0.6) is 5.75 Å². The van der Waals surface area contributed by atoms with Gasteiger partial charge in [-0.15, -0.1) is 0 Å². The third kappa shape index (κ3) is 2.05. The summed E-state index contributed by atoms with van der Waals surface area (Å²) in [5, 5.41) is 0. The maximum Gasteiger partial charge on any atom is 0.323 e. The molecule has 0 spiro atoms. The van der Waals surface area contributed by atoms with Gasteiger partial charge in [0.15, 0.2) is 5.41 Å². The third-order valence-electron chi connectivity index (χ3n) is 3.58. The van der Waals surface area contributed by atoms with E-state index in [1.165, 1.54) is 14.2 Å². The molecule has 0 radical (unpaired) electrons. The number of rotatable bonds is 4. The van der Waals surface area contributed by atoms with Gasteiger partial charge in [0.25, 0.3) is 0 Å². The lowest BCUT2D eigenvalue weighted by Crippen LogP contribution is -2.30. The van der Waals surface area contributed by atoms with Crippen LogP contribution in [-0.2, 0) is 19.1 Å². The highest BCUT2D eigenvalue weighted by Gasteiger charge is 2.68. The van der Waals surface area contributed by atoms with Crippen LogP contribution in [0.3, 0.4) is 0 Å². The van der Waals surface area contributed by atoms with Crippen molar-refractivity contribution in [3.63, 3.8) is 0 Å². The zero-order chi connectivity index (χ0) is 14.0. The van der Waals surface area contributed by atoms with Gasteiger partial charge in [-0.1, -0.05) is 12.1 Å². The Kier molecular flexibility index (Phi) is 3.46.